The average Bonchev–Trinajstić information content (AvgIpc) is 2.38. The molecule has 2 aromatic rings. The van der Waals surface area contributed by atoms with E-state index in [-0.39, 0.29) is 0 Å². The number of anilines is 2. The molecule has 2 rings (SSSR count). The van der Waals surface area contributed by atoms with Crippen molar-refractivity contribution in [2.75, 3.05) is 11.6 Å². The van der Waals surface area contributed by atoms with Crippen molar-refractivity contribution in [1.29, 1.82) is 0 Å². The first-order valence-corrected chi connectivity index (χ1v) is 7.68. The molecule has 1 aromatic heterocycles. The van der Waals surface area contributed by atoms with Crippen molar-refractivity contribution in [3.05, 3.63) is 40.8 Å². The molecule has 18 heavy (non-hydrogen) atoms. The van der Waals surface area contributed by atoms with E-state index in [9.17, 15) is 0 Å². The third-order valence-corrected chi connectivity index (χ3v) is 3.63. The van der Waals surface area contributed by atoms with Crippen LogP contribution in [0.3, 0.4) is 0 Å². The minimum atomic E-state index is 0.804. The number of nitrogens with zero attached hydrogens (tertiary/aromatic N) is 2. The monoisotopic (exact) mass is 323 g/mol. The Hall–Kier alpha value is -1.07. The van der Waals surface area contributed by atoms with E-state index in [1.165, 1.54) is 4.90 Å². The molecule has 0 aliphatic heterocycles. The highest BCUT2D eigenvalue weighted by atomic mass is 79.9. The van der Waals surface area contributed by atoms with Crippen LogP contribution in [0.5, 0.6) is 0 Å². The molecule has 0 saturated heterocycles. The summed E-state index contributed by atoms with van der Waals surface area (Å²) in [7, 11) is 0. The van der Waals surface area contributed by atoms with Crippen LogP contribution in [0.25, 0.3) is 0 Å². The van der Waals surface area contributed by atoms with Gasteiger partial charge in [-0.15, -0.1) is 11.8 Å². The van der Waals surface area contributed by atoms with Crippen molar-refractivity contribution in [3.63, 3.8) is 0 Å². The summed E-state index contributed by atoms with van der Waals surface area (Å²) in [6, 6.07) is 10.1. The number of halogens is 1. The van der Waals surface area contributed by atoms with Gasteiger partial charge in [-0.05, 0) is 34.3 Å². The number of aromatic nitrogens is 2. The zero-order valence-corrected chi connectivity index (χ0v) is 12.7. The highest BCUT2D eigenvalue weighted by Gasteiger charge is 2.04. The maximum Gasteiger partial charge on any atom is 0.135 e. The summed E-state index contributed by atoms with van der Waals surface area (Å²) < 4.78 is 0.804. The Kier molecular flexibility index (Phi) is 4.60. The fraction of sp³-hybridized carbons (Fsp3) is 0.231. The molecule has 0 aliphatic carbocycles. The molecule has 1 heterocycles. The van der Waals surface area contributed by atoms with E-state index < -0.39 is 0 Å². The molecular weight excluding hydrogens is 310 g/mol. The first-order chi connectivity index (χ1) is 8.72. The molecule has 0 spiro atoms. The summed E-state index contributed by atoms with van der Waals surface area (Å²) in [6.45, 7) is 2.04. The second-order valence-corrected chi connectivity index (χ2v) is 5.33. The van der Waals surface area contributed by atoms with E-state index in [2.05, 4.69) is 43.5 Å². The number of aryl methyl sites for hydroxylation is 1. The molecule has 0 unspecified atom stereocenters. The van der Waals surface area contributed by atoms with Crippen LogP contribution < -0.4 is 5.32 Å². The van der Waals surface area contributed by atoms with Crippen LogP contribution in [0.15, 0.2) is 39.8 Å². The van der Waals surface area contributed by atoms with Gasteiger partial charge in [0.2, 0.25) is 0 Å². The number of rotatable bonds is 4. The van der Waals surface area contributed by atoms with Crippen molar-refractivity contribution in [2.45, 2.75) is 18.2 Å². The van der Waals surface area contributed by atoms with Crippen LogP contribution in [-0.4, -0.2) is 16.2 Å². The first-order valence-electron chi connectivity index (χ1n) is 5.66. The Balaban J connectivity index is 2.30. The quantitative estimate of drug-likeness (QED) is 0.673. The topological polar surface area (TPSA) is 37.8 Å². The van der Waals surface area contributed by atoms with E-state index in [4.69, 9.17) is 0 Å². The Morgan fingerprint density at radius 2 is 2.06 bits per heavy atom. The molecule has 0 radical (unpaired) electrons. The van der Waals surface area contributed by atoms with Crippen LogP contribution in [0.4, 0.5) is 11.5 Å². The van der Waals surface area contributed by atoms with Gasteiger partial charge in [-0.25, -0.2) is 9.97 Å². The predicted octanol–water partition coefficient (Wildman–Crippen LogP) is 4.27. The summed E-state index contributed by atoms with van der Waals surface area (Å²) in [5, 5.41) is 3.34. The number of nitrogens with one attached hydrogen (secondary N) is 1. The van der Waals surface area contributed by atoms with Crippen molar-refractivity contribution >= 4 is 39.2 Å². The minimum Gasteiger partial charge on any atom is -0.339 e. The Morgan fingerprint density at radius 3 is 2.78 bits per heavy atom. The summed E-state index contributed by atoms with van der Waals surface area (Å²) in [5.74, 6) is 1.64. The lowest BCUT2D eigenvalue weighted by Crippen LogP contribution is -2.00. The fourth-order valence-electron chi connectivity index (χ4n) is 1.57. The molecule has 0 aliphatic rings. The van der Waals surface area contributed by atoms with E-state index in [1.807, 2.05) is 31.2 Å². The number of para-hydroxylation sites is 1. The third kappa shape index (κ3) is 3.23. The molecule has 0 amide bonds. The largest absolute Gasteiger partial charge is 0.339 e. The van der Waals surface area contributed by atoms with Gasteiger partial charge in [0.1, 0.15) is 16.2 Å². The Labute approximate surface area is 120 Å². The summed E-state index contributed by atoms with van der Waals surface area (Å²) in [5.41, 5.74) is 1.07. The summed E-state index contributed by atoms with van der Waals surface area (Å²) in [6.07, 6.45) is 2.88. The number of hydrogen-bond acceptors (Lipinski definition) is 4. The van der Waals surface area contributed by atoms with E-state index in [0.717, 1.165) is 28.4 Å². The molecule has 3 nitrogen and oxygen atoms in total. The minimum absolute atomic E-state index is 0.804. The van der Waals surface area contributed by atoms with E-state index in [1.54, 1.807) is 11.8 Å². The maximum absolute atomic E-state index is 4.46. The van der Waals surface area contributed by atoms with Crippen LogP contribution in [-0.2, 0) is 6.42 Å². The molecule has 5 heteroatoms. The predicted molar refractivity (Wildman–Crippen MR) is 80.6 cm³/mol. The maximum atomic E-state index is 4.46. The normalized spacial score (nSPS) is 10.4. The van der Waals surface area contributed by atoms with Gasteiger partial charge in [0, 0.05) is 17.4 Å². The molecule has 0 fully saturated rings. The zero-order valence-electron chi connectivity index (χ0n) is 10.3. The van der Waals surface area contributed by atoms with E-state index in [0.29, 0.717) is 0 Å². The Morgan fingerprint density at radius 1 is 1.28 bits per heavy atom. The lowest BCUT2D eigenvalue weighted by molar-refractivity contribution is 0.931. The number of thioether (sulfide) groups is 1. The van der Waals surface area contributed by atoms with Crippen molar-refractivity contribution in [2.24, 2.45) is 0 Å². The standard InChI is InChI=1S/C13H14BrN3S/c1-3-12-16-11(14)8-13(17-12)15-9-6-4-5-7-10(9)18-2/h4-8H,3H2,1-2H3,(H,15,16,17). The van der Waals surface area contributed by atoms with Gasteiger partial charge in [0.25, 0.3) is 0 Å². The lowest BCUT2D eigenvalue weighted by Gasteiger charge is -2.10. The highest BCUT2D eigenvalue weighted by Crippen LogP contribution is 2.27. The first kappa shape index (κ1) is 13.4. The Bertz CT molecular complexity index is 546. The summed E-state index contributed by atoms with van der Waals surface area (Å²) in [4.78, 5) is 9.96. The number of hydrogen-bond donors (Lipinski definition) is 1. The number of benzene rings is 1. The molecule has 0 saturated carbocycles. The smallest absolute Gasteiger partial charge is 0.135 e. The van der Waals surface area contributed by atoms with Gasteiger partial charge in [0.15, 0.2) is 0 Å². The van der Waals surface area contributed by atoms with Crippen LogP contribution in [0, 0.1) is 0 Å². The van der Waals surface area contributed by atoms with Gasteiger partial charge in [-0.3, -0.25) is 0 Å². The lowest BCUT2D eigenvalue weighted by atomic mass is 10.3. The van der Waals surface area contributed by atoms with Crippen LogP contribution >= 0.6 is 27.7 Å². The molecule has 0 bridgehead atoms. The zero-order chi connectivity index (χ0) is 13.0. The highest BCUT2D eigenvalue weighted by molar-refractivity contribution is 9.10. The van der Waals surface area contributed by atoms with Crippen molar-refractivity contribution in [3.8, 4) is 0 Å². The summed E-state index contributed by atoms with van der Waals surface area (Å²) >= 11 is 5.12. The van der Waals surface area contributed by atoms with Gasteiger partial charge >= 0.3 is 0 Å². The molecule has 1 aromatic carbocycles. The van der Waals surface area contributed by atoms with Gasteiger partial charge < -0.3 is 5.32 Å². The van der Waals surface area contributed by atoms with Crippen molar-refractivity contribution < 1.29 is 0 Å². The van der Waals surface area contributed by atoms with Gasteiger partial charge in [-0.2, -0.15) is 0 Å². The second-order valence-electron chi connectivity index (χ2n) is 3.67. The molecular formula is C13H14BrN3S. The van der Waals surface area contributed by atoms with Gasteiger partial charge in [-0.1, -0.05) is 19.1 Å². The van der Waals surface area contributed by atoms with Crippen molar-refractivity contribution in [1.82, 2.24) is 9.97 Å². The SMILES string of the molecule is CCc1nc(Br)cc(Nc2ccccc2SC)n1. The van der Waals surface area contributed by atoms with Gasteiger partial charge in [0.05, 0.1) is 5.69 Å². The van der Waals surface area contributed by atoms with Crippen LogP contribution in [0.1, 0.15) is 12.7 Å². The molecule has 1 N–H and O–H groups in total. The fourth-order valence-corrected chi connectivity index (χ4v) is 2.55. The average molecular weight is 324 g/mol. The van der Waals surface area contributed by atoms with Crippen LogP contribution in [0.2, 0.25) is 0 Å². The molecule has 94 valence electrons. The van der Waals surface area contributed by atoms with E-state index >= 15 is 0 Å². The third-order valence-electron chi connectivity index (χ3n) is 2.43. The molecule has 0 atom stereocenters. The second kappa shape index (κ2) is 6.20.